The number of halogens is 3. The summed E-state index contributed by atoms with van der Waals surface area (Å²) in [5.41, 5.74) is -3.64. The third-order valence-electron chi connectivity index (χ3n) is 7.21. The van der Waals surface area contributed by atoms with E-state index in [1.165, 1.54) is 23.8 Å². The van der Waals surface area contributed by atoms with Gasteiger partial charge in [-0.15, -0.1) is 0 Å². The number of alkyl halides is 3. The van der Waals surface area contributed by atoms with Gasteiger partial charge in [-0.25, -0.2) is 4.79 Å². The number of ether oxygens (including phenoxy) is 2. The summed E-state index contributed by atoms with van der Waals surface area (Å²) in [5, 5.41) is 12.1. The lowest BCUT2D eigenvalue weighted by atomic mass is 9.96. The summed E-state index contributed by atoms with van der Waals surface area (Å²) in [5.74, 6) is -2.09. The van der Waals surface area contributed by atoms with Crippen LogP contribution in [0.15, 0.2) is 12.1 Å². The van der Waals surface area contributed by atoms with Crippen molar-refractivity contribution in [3.8, 4) is 5.75 Å². The molecule has 2 N–H and O–H groups in total. The molecule has 0 aliphatic carbocycles. The van der Waals surface area contributed by atoms with E-state index >= 15 is 0 Å². The van der Waals surface area contributed by atoms with Crippen molar-refractivity contribution >= 4 is 29.5 Å². The minimum absolute atomic E-state index is 0.0104. The predicted octanol–water partition coefficient (Wildman–Crippen LogP) is 3.36. The molecule has 3 rings (SSSR count). The second-order valence-corrected chi connectivity index (χ2v) is 10.6. The predicted molar refractivity (Wildman–Crippen MR) is 142 cm³/mol. The van der Waals surface area contributed by atoms with Crippen LogP contribution >= 0.6 is 0 Å². The average Bonchev–Trinajstić information content (AvgIpc) is 2.89. The van der Waals surface area contributed by atoms with Crippen LogP contribution in [-0.2, 0) is 20.5 Å². The molecular formula is C27H37F3N4O7. The van der Waals surface area contributed by atoms with Crippen molar-refractivity contribution in [3.05, 3.63) is 23.3 Å². The van der Waals surface area contributed by atoms with Gasteiger partial charge in [-0.1, -0.05) is 6.92 Å². The van der Waals surface area contributed by atoms with E-state index in [4.69, 9.17) is 9.47 Å². The lowest BCUT2D eigenvalue weighted by Crippen LogP contribution is -2.58. The molecule has 1 aromatic rings. The standard InChI is InChI=1S/C27H37F3N4O7/c1-6-22(35)31-9-11-33-20-12-18(23(36)34(16(2)3)17-8-7-10-32(14-17)25(38)39)19(27(28,29)30)13-21(20)41-26(4,15-40-5)24(33)37/h12-13,16-17H,6-11,14-15H2,1-5H3,(H,31,35)(H,38,39)/t17-,26?/m1/s1. The van der Waals surface area contributed by atoms with E-state index in [0.717, 1.165) is 11.0 Å². The van der Waals surface area contributed by atoms with Gasteiger partial charge in [0.25, 0.3) is 11.8 Å². The summed E-state index contributed by atoms with van der Waals surface area (Å²) in [4.78, 5) is 54.4. The van der Waals surface area contributed by atoms with Gasteiger partial charge in [0.1, 0.15) is 5.75 Å². The molecule has 2 heterocycles. The number of hydrogen-bond donors (Lipinski definition) is 2. The van der Waals surface area contributed by atoms with Crippen molar-refractivity contribution in [2.45, 2.75) is 70.8 Å². The minimum atomic E-state index is -4.95. The van der Waals surface area contributed by atoms with Crippen LogP contribution in [0, 0.1) is 0 Å². The molecule has 0 spiro atoms. The topological polar surface area (TPSA) is 129 Å². The van der Waals surface area contributed by atoms with Gasteiger partial charge in [-0.2, -0.15) is 13.2 Å². The number of methoxy groups -OCH3 is 1. The van der Waals surface area contributed by atoms with Crippen LogP contribution in [0.1, 0.15) is 62.9 Å². The average molecular weight is 587 g/mol. The molecule has 2 atom stereocenters. The Morgan fingerprint density at radius 3 is 2.54 bits per heavy atom. The lowest BCUT2D eigenvalue weighted by molar-refractivity contribution is -0.140. The van der Waals surface area contributed by atoms with Crippen LogP contribution in [0.5, 0.6) is 5.75 Å². The van der Waals surface area contributed by atoms with Crippen molar-refractivity contribution < 1.29 is 46.9 Å². The van der Waals surface area contributed by atoms with Gasteiger partial charge in [0, 0.05) is 45.8 Å². The fourth-order valence-electron chi connectivity index (χ4n) is 5.29. The number of piperidine rings is 1. The SMILES string of the molecule is CCC(=O)NCCN1C(=O)C(C)(COC)Oc2cc(C(F)(F)F)c(C(=O)N(C(C)C)[C@@H]3CCCN(C(=O)O)C3)cc21. The van der Waals surface area contributed by atoms with Gasteiger partial charge >= 0.3 is 12.3 Å². The highest BCUT2D eigenvalue weighted by Gasteiger charge is 2.47. The van der Waals surface area contributed by atoms with Gasteiger partial charge < -0.3 is 34.6 Å². The van der Waals surface area contributed by atoms with Crippen LogP contribution in [-0.4, -0.2) is 96.3 Å². The monoisotopic (exact) mass is 586 g/mol. The van der Waals surface area contributed by atoms with Crippen molar-refractivity contribution in [1.82, 2.24) is 15.1 Å². The van der Waals surface area contributed by atoms with Crippen LogP contribution in [0.25, 0.3) is 0 Å². The van der Waals surface area contributed by atoms with E-state index < -0.39 is 52.9 Å². The molecular weight excluding hydrogens is 549 g/mol. The Morgan fingerprint density at radius 1 is 1.29 bits per heavy atom. The Hall–Kier alpha value is -3.55. The van der Waals surface area contributed by atoms with Crippen molar-refractivity contribution in [1.29, 1.82) is 0 Å². The first-order valence-corrected chi connectivity index (χ1v) is 13.5. The number of amides is 4. The summed E-state index contributed by atoms with van der Waals surface area (Å²) in [7, 11) is 1.32. The largest absolute Gasteiger partial charge is 0.473 e. The van der Waals surface area contributed by atoms with E-state index in [2.05, 4.69) is 5.32 Å². The first kappa shape index (κ1) is 32.0. The Morgan fingerprint density at radius 2 is 1.98 bits per heavy atom. The Balaban J connectivity index is 2.13. The number of carbonyl (C=O) groups excluding carboxylic acids is 3. The minimum Gasteiger partial charge on any atom is -0.473 e. The van der Waals surface area contributed by atoms with Crippen LogP contribution in [0.2, 0.25) is 0 Å². The fourth-order valence-corrected chi connectivity index (χ4v) is 5.29. The second-order valence-electron chi connectivity index (χ2n) is 10.6. The number of nitrogens with zero attached hydrogens (tertiary/aromatic N) is 3. The quantitative estimate of drug-likeness (QED) is 0.454. The molecule has 1 unspecified atom stereocenters. The van der Waals surface area contributed by atoms with E-state index in [0.29, 0.717) is 18.9 Å². The Kier molecular flexibility index (Phi) is 9.77. The van der Waals surface area contributed by atoms with Crippen LogP contribution in [0.4, 0.5) is 23.7 Å². The zero-order valence-corrected chi connectivity index (χ0v) is 23.8. The highest BCUT2D eigenvalue weighted by atomic mass is 19.4. The number of anilines is 1. The molecule has 1 fully saturated rings. The third kappa shape index (κ3) is 6.85. The molecule has 2 aliphatic heterocycles. The first-order valence-electron chi connectivity index (χ1n) is 13.5. The van der Waals surface area contributed by atoms with E-state index in [1.807, 2.05) is 0 Å². The summed E-state index contributed by atoms with van der Waals surface area (Å²) in [6.07, 6.45) is -5.06. The molecule has 1 aromatic carbocycles. The van der Waals surface area contributed by atoms with E-state index in [1.54, 1.807) is 20.8 Å². The Labute approximate surface area is 236 Å². The molecule has 0 radical (unpaired) electrons. The van der Waals surface area contributed by atoms with Crippen LogP contribution < -0.4 is 15.0 Å². The second kappa shape index (κ2) is 12.5. The highest BCUT2D eigenvalue weighted by molar-refractivity contribution is 6.05. The van der Waals surface area contributed by atoms with Crippen molar-refractivity contribution in [3.63, 3.8) is 0 Å². The Bertz CT molecular complexity index is 1180. The molecule has 2 aliphatic rings. The zero-order valence-electron chi connectivity index (χ0n) is 23.8. The molecule has 11 nitrogen and oxygen atoms in total. The fraction of sp³-hybridized carbons (Fsp3) is 0.630. The number of benzene rings is 1. The lowest BCUT2D eigenvalue weighted by Gasteiger charge is -2.42. The smallest absolute Gasteiger partial charge is 0.417 e. The molecule has 1 saturated heterocycles. The molecule has 14 heteroatoms. The molecule has 41 heavy (non-hydrogen) atoms. The summed E-state index contributed by atoms with van der Waals surface area (Å²) in [6, 6.07) is 0.512. The summed E-state index contributed by atoms with van der Waals surface area (Å²) < 4.78 is 54.2. The molecule has 4 amide bonds. The highest BCUT2D eigenvalue weighted by Crippen LogP contribution is 2.44. The molecule has 0 aromatic heterocycles. The molecule has 0 bridgehead atoms. The van der Waals surface area contributed by atoms with Gasteiger partial charge in [0.2, 0.25) is 11.5 Å². The number of carboxylic acid groups (broad SMARTS) is 1. The first-order chi connectivity index (χ1) is 19.1. The normalized spacial score (nSPS) is 20.9. The number of nitrogens with one attached hydrogen (secondary N) is 1. The number of carbonyl (C=O) groups is 4. The van der Waals surface area contributed by atoms with Crippen molar-refractivity contribution in [2.75, 3.05) is 44.8 Å². The van der Waals surface area contributed by atoms with Gasteiger partial charge in [0.15, 0.2) is 0 Å². The maximum absolute atomic E-state index is 14.4. The molecule has 228 valence electrons. The maximum Gasteiger partial charge on any atom is 0.417 e. The number of hydrogen-bond acceptors (Lipinski definition) is 6. The number of likely N-dealkylation sites (tertiary alicyclic amines) is 1. The van der Waals surface area contributed by atoms with Crippen LogP contribution in [0.3, 0.4) is 0 Å². The van der Waals surface area contributed by atoms with Crippen molar-refractivity contribution in [2.24, 2.45) is 0 Å². The van der Waals surface area contributed by atoms with Gasteiger partial charge in [0.05, 0.1) is 29.5 Å². The molecule has 0 saturated carbocycles. The zero-order chi connectivity index (χ0) is 30.7. The van der Waals surface area contributed by atoms with E-state index in [9.17, 15) is 37.5 Å². The maximum atomic E-state index is 14.4. The van der Waals surface area contributed by atoms with Gasteiger partial charge in [-0.3, -0.25) is 14.4 Å². The number of fused-ring (bicyclic) bond motifs is 1. The number of rotatable bonds is 9. The third-order valence-corrected chi connectivity index (χ3v) is 7.21. The van der Waals surface area contributed by atoms with E-state index in [-0.39, 0.29) is 56.6 Å². The summed E-state index contributed by atoms with van der Waals surface area (Å²) in [6.45, 7) is 6.23. The summed E-state index contributed by atoms with van der Waals surface area (Å²) >= 11 is 0. The van der Waals surface area contributed by atoms with Gasteiger partial charge in [-0.05, 0) is 45.7 Å².